The Bertz CT molecular complexity index is 382. The summed E-state index contributed by atoms with van der Waals surface area (Å²) >= 11 is 0. The Labute approximate surface area is 94.6 Å². The van der Waals surface area contributed by atoms with Crippen molar-refractivity contribution in [1.82, 2.24) is 15.5 Å². The van der Waals surface area contributed by atoms with Gasteiger partial charge in [0, 0.05) is 12.5 Å². The van der Waals surface area contributed by atoms with E-state index in [4.69, 9.17) is 9.26 Å². The van der Waals surface area contributed by atoms with E-state index < -0.39 is 0 Å². The normalized spacial score (nSPS) is 32.6. The molecule has 3 rings (SSSR count). The SMILES string of the molecule is CC1(C)CC1c1noc(C2COCCN2)n1. The number of ether oxygens (including phenoxy) is 1. The molecule has 1 saturated carbocycles. The van der Waals surface area contributed by atoms with Gasteiger partial charge in [0.2, 0.25) is 5.89 Å². The molecule has 2 heterocycles. The maximum Gasteiger partial charge on any atom is 0.246 e. The van der Waals surface area contributed by atoms with Crippen molar-refractivity contribution in [3.63, 3.8) is 0 Å². The zero-order valence-corrected chi connectivity index (χ0v) is 9.69. The number of rotatable bonds is 2. The number of hydrogen-bond acceptors (Lipinski definition) is 5. The van der Waals surface area contributed by atoms with E-state index in [0.717, 1.165) is 25.4 Å². The van der Waals surface area contributed by atoms with Gasteiger partial charge in [-0.1, -0.05) is 19.0 Å². The fourth-order valence-electron chi connectivity index (χ4n) is 2.16. The monoisotopic (exact) mass is 223 g/mol. The average Bonchev–Trinajstić information content (AvgIpc) is 2.76. The van der Waals surface area contributed by atoms with Gasteiger partial charge in [0.1, 0.15) is 6.04 Å². The molecule has 2 aliphatic rings. The van der Waals surface area contributed by atoms with Crippen molar-refractivity contribution in [1.29, 1.82) is 0 Å². The Balaban J connectivity index is 1.72. The molecule has 88 valence electrons. The van der Waals surface area contributed by atoms with Crippen molar-refractivity contribution in [3.05, 3.63) is 11.7 Å². The van der Waals surface area contributed by atoms with Crippen LogP contribution in [0.25, 0.3) is 0 Å². The summed E-state index contributed by atoms with van der Waals surface area (Å²) in [5.74, 6) is 1.99. The lowest BCUT2D eigenvalue weighted by atomic mass is 10.1. The van der Waals surface area contributed by atoms with Crippen molar-refractivity contribution < 1.29 is 9.26 Å². The highest BCUT2D eigenvalue weighted by atomic mass is 16.5. The van der Waals surface area contributed by atoms with E-state index >= 15 is 0 Å². The van der Waals surface area contributed by atoms with Gasteiger partial charge >= 0.3 is 0 Å². The summed E-state index contributed by atoms with van der Waals surface area (Å²) in [4.78, 5) is 4.47. The molecule has 5 nitrogen and oxygen atoms in total. The third kappa shape index (κ3) is 1.74. The van der Waals surface area contributed by atoms with Gasteiger partial charge in [-0.2, -0.15) is 4.98 Å². The lowest BCUT2D eigenvalue weighted by Crippen LogP contribution is -2.34. The van der Waals surface area contributed by atoms with E-state index in [-0.39, 0.29) is 6.04 Å². The molecule has 1 aromatic heterocycles. The quantitative estimate of drug-likeness (QED) is 0.817. The molecule has 1 aliphatic carbocycles. The predicted octanol–water partition coefficient (Wildman–Crippen LogP) is 1.24. The Kier molecular flexibility index (Phi) is 2.26. The molecule has 1 aliphatic heterocycles. The average molecular weight is 223 g/mol. The van der Waals surface area contributed by atoms with Crippen LogP contribution in [-0.2, 0) is 4.74 Å². The maximum absolute atomic E-state index is 5.37. The second-order valence-electron chi connectivity index (χ2n) is 5.32. The third-order valence-electron chi connectivity index (χ3n) is 3.50. The van der Waals surface area contributed by atoms with Crippen LogP contribution in [0.15, 0.2) is 4.52 Å². The molecule has 0 aromatic carbocycles. The first-order valence-corrected chi connectivity index (χ1v) is 5.81. The number of nitrogens with one attached hydrogen (secondary N) is 1. The Morgan fingerprint density at radius 3 is 2.88 bits per heavy atom. The van der Waals surface area contributed by atoms with Crippen LogP contribution in [0, 0.1) is 5.41 Å². The second-order valence-corrected chi connectivity index (χ2v) is 5.32. The van der Waals surface area contributed by atoms with Crippen LogP contribution in [0.2, 0.25) is 0 Å². The maximum atomic E-state index is 5.37. The van der Waals surface area contributed by atoms with Crippen molar-refractivity contribution in [2.24, 2.45) is 5.41 Å². The van der Waals surface area contributed by atoms with Crippen molar-refractivity contribution in [3.8, 4) is 0 Å². The van der Waals surface area contributed by atoms with Gasteiger partial charge in [0.15, 0.2) is 5.82 Å². The molecule has 0 amide bonds. The van der Waals surface area contributed by atoms with Gasteiger partial charge in [-0.05, 0) is 11.8 Å². The number of hydrogen-bond donors (Lipinski definition) is 1. The summed E-state index contributed by atoms with van der Waals surface area (Å²) in [5.41, 5.74) is 0.345. The van der Waals surface area contributed by atoms with E-state index in [1.807, 2.05) is 0 Å². The minimum Gasteiger partial charge on any atom is -0.378 e. The van der Waals surface area contributed by atoms with Crippen molar-refractivity contribution in [2.45, 2.75) is 32.2 Å². The summed E-state index contributed by atoms with van der Waals surface area (Å²) in [6.45, 7) is 6.69. The summed E-state index contributed by atoms with van der Waals surface area (Å²) in [7, 11) is 0. The van der Waals surface area contributed by atoms with Crippen LogP contribution in [0.4, 0.5) is 0 Å². The molecule has 16 heavy (non-hydrogen) atoms. The van der Waals surface area contributed by atoms with Crippen LogP contribution < -0.4 is 5.32 Å². The molecule has 1 aromatic rings. The number of aromatic nitrogens is 2. The highest BCUT2D eigenvalue weighted by molar-refractivity contribution is 5.14. The summed E-state index contributed by atoms with van der Waals surface area (Å²) in [6.07, 6.45) is 1.15. The molecule has 0 spiro atoms. The topological polar surface area (TPSA) is 60.2 Å². The van der Waals surface area contributed by atoms with Gasteiger partial charge in [-0.25, -0.2) is 0 Å². The predicted molar refractivity (Wildman–Crippen MR) is 57.0 cm³/mol. The van der Waals surface area contributed by atoms with Crippen LogP contribution in [0.3, 0.4) is 0 Å². The first-order chi connectivity index (χ1) is 7.67. The highest BCUT2D eigenvalue weighted by Gasteiger charge is 2.49. The summed E-state index contributed by atoms with van der Waals surface area (Å²) in [6, 6.07) is 0.0665. The molecule has 2 atom stereocenters. The Morgan fingerprint density at radius 1 is 1.44 bits per heavy atom. The molecule has 2 fully saturated rings. The highest BCUT2D eigenvalue weighted by Crippen LogP contribution is 2.57. The molecule has 0 radical (unpaired) electrons. The van der Waals surface area contributed by atoms with E-state index in [1.165, 1.54) is 0 Å². The van der Waals surface area contributed by atoms with Crippen LogP contribution >= 0.6 is 0 Å². The third-order valence-corrected chi connectivity index (χ3v) is 3.50. The van der Waals surface area contributed by atoms with Crippen molar-refractivity contribution in [2.75, 3.05) is 19.8 Å². The van der Waals surface area contributed by atoms with Gasteiger partial charge in [0.25, 0.3) is 0 Å². The van der Waals surface area contributed by atoms with Crippen LogP contribution in [-0.4, -0.2) is 29.9 Å². The fourth-order valence-corrected chi connectivity index (χ4v) is 2.16. The minimum atomic E-state index is 0.0665. The van der Waals surface area contributed by atoms with E-state index in [9.17, 15) is 0 Å². The molecule has 0 bridgehead atoms. The van der Waals surface area contributed by atoms with Gasteiger partial charge in [-0.15, -0.1) is 0 Å². The molecule has 2 unspecified atom stereocenters. The molecule has 5 heteroatoms. The lowest BCUT2D eigenvalue weighted by Gasteiger charge is -2.20. The van der Waals surface area contributed by atoms with E-state index in [0.29, 0.717) is 23.8 Å². The minimum absolute atomic E-state index is 0.0665. The first kappa shape index (κ1) is 10.2. The van der Waals surface area contributed by atoms with Gasteiger partial charge in [-0.3, -0.25) is 0 Å². The van der Waals surface area contributed by atoms with Crippen LogP contribution in [0.1, 0.15) is 43.9 Å². The van der Waals surface area contributed by atoms with Crippen LogP contribution in [0.5, 0.6) is 0 Å². The van der Waals surface area contributed by atoms with E-state index in [2.05, 4.69) is 29.3 Å². The fraction of sp³-hybridized carbons (Fsp3) is 0.818. The Morgan fingerprint density at radius 2 is 2.25 bits per heavy atom. The standard InChI is InChI=1S/C11H17N3O2/c1-11(2)5-7(11)9-13-10(16-14-9)8-6-15-4-3-12-8/h7-8,12H,3-6H2,1-2H3. The van der Waals surface area contributed by atoms with Gasteiger partial charge in [0.05, 0.1) is 13.2 Å². The summed E-state index contributed by atoms with van der Waals surface area (Å²) in [5, 5.41) is 7.37. The molecule has 1 N–H and O–H groups in total. The Hall–Kier alpha value is -0.940. The second kappa shape index (κ2) is 3.53. The van der Waals surface area contributed by atoms with Gasteiger partial charge < -0.3 is 14.6 Å². The van der Waals surface area contributed by atoms with Crippen molar-refractivity contribution >= 4 is 0 Å². The lowest BCUT2D eigenvalue weighted by molar-refractivity contribution is 0.0659. The first-order valence-electron chi connectivity index (χ1n) is 5.81. The smallest absolute Gasteiger partial charge is 0.246 e. The zero-order valence-electron chi connectivity index (χ0n) is 9.69. The molecular weight excluding hydrogens is 206 g/mol. The molecule has 1 saturated heterocycles. The zero-order chi connectivity index (χ0) is 11.2. The molecular formula is C11H17N3O2. The number of morpholine rings is 1. The number of nitrogens with zero attached hydrogens (tertiary/aromatic N) is 2. The summed E-state index contributed by atoms with van der Waals surface area (Å²) < 4.78 is 10.7. The van der Waals surface area contributed by atoms with E-state index in [1.54, 1.807) is 0 Å². The largest absolute Gasteiger partial charge is 0.378 e.